The Kier molecular flexibility index (Phi) is 15.4. The number of methoxy groups -OCH3 is 3. The maximum absolute atomic E-state index is 14.0. The van der Waals surface area contributed by atoms with Crippen LogP contribution >= 0.6 is 0 Å². The molecule has 0 heterocycles. The van der Waals surface area contributed by atoms with E-state index in [1.807, 2.05) is 44.2 Å². The molecule has 3 aromatic rings. The summed E-state index contributed by atoms with van der Waals surface area (Å²) in [5, 5.41) is 27.0. The topological polar surface area (TPSA) is 174 Å². The molecule has 0 unspecified atom stereocenters. The van der Waals surface area contributed by atoms with Gasteiger partial charge in [0.1, 0.15) is 29.8 Å². The van der Waals surface area contributed by atoms with Gasteiger partial charge in [0.05, 0.1) is 27.8 Å². The van der Waals surface area contributed by atoms with Gasteiger partial charge < -0.3 is 49.6 Å². The van der Waals surface area contributed by atoms with Gasteiger partial charge in [0.15, 0.2) is 11.5 Å². The number of hydrogen-bond donors (Lipinski definition) is 5. The van der Waals surface area contributed by atoms with Crippen LogP contribution in [0.3, 0.4) is 0 Å². The van der Waals surface area contributed by atoms with E-state index in [-0.39, 0.29) is 25.2 Å². The lowest BCUT2D eigenvalue weighted by Crippen LogP contribution is -2.57. The van der Waals surface area contributed by atoms with Gasteiger partial charge in [-0.25, -0.2) is 0 Å². The Morgan fingerprint density at radius 3 is 2.04 bits per heavy atom. The molecule has 0 saturated heterocycles. The fourth-order valence-corrected chi connectivity index (χ4v) is 5.29. The quantitative estimate of drug-likeness (QED) is 0.0926. The molecule has 0 fully saturated rings. The highest BCUT2D eigenvalue weighted by Gasteiger charge is 2.32. The van der Waals surface area contributed by atoms with Crippen LogP contribution in [0.5, 0.6) is 28.7 Å². The fraction of sp³-hybridized carbons (Fsp3) is 0.417. The molecular formula is C36H48BN3O10. The predicted molar refractivity (Wildman–Crippen MR) is 188 cm³/mol. The molecule has 50 heavy (non-hydrogen) atoms. The normalized spacial score (nSPS) is 12.8. The zero-order valence-electron chi connectivity index (χ0n) is 29.6. The standard InChI is InChI=1S/C36H48BN3O10/c1-22(2)18-31(50-37(44)45)39-36(43)32(23(3)4)40-35(42)28(21-25-16-17-29(46-5)34(48-7)33(25)47-6)38-30(41)20-24-12-11-15-27(19-24)49-26-13-9-8-10-14-26/h8-17,19,22-23,28,31-32,44-45H,18,20-21H2,1-7H3,(H,38,41)(H,39,43)(H,40,42)/t28-,31+,32-/m0/s1. The second-order valence-corrected chi connectivity index (χ2v) is 12.4. The first-order valence-electron chi connectivity index (χ1n) is 16.4. The van der Waals surface area contributed by atoms with Crippen molar-refractivity contribution >= 4 is 25.0 Å². The molecule has 3 aromatic carbocycles. The number of nitrogens with one attached hydrogen (secondary N) is 3. The van der Waals surface area contributed by atoms with Gasteiger partial charge in [-0.3, -0.25) is 14.4 Å². The van der Waals surface area contributed by atoms with Gasteiger partial charge in [0, 0.05) is 12.0 Å². The summed E-state index contributed by atoms with van der Waals surface area (Å²) in [5.41, 5.74) is 1.19. The summed E-state index contributed by atoms with van der Waals surface area (Å²) in [5.74, 6) is 0.224. The van der Waals surface area contributed by atoms with Gasteiger partial charge >= 0.3 is 7.32 Å². The van der Waals surface area contributed by atoms with Gasteiger partial charge in [-0.2, -0.15) is 0 Å². The van der Waals surface area contributed by atoms with Crippen LogP contribution in [-0.2, 0) is 31.9 Å². The first-order valence-corrected chi connectivity index (χ1v) is 16.4. The highest BCUT2D eigenvalue weighted by Crippen LogP contribution is 2.40. The van der Waals surface area contributed by atoms with Crippen LogP contribution in [0, 0.1) is 11.8 Å². The van der Waals surface area contributed by atoms with E-state index in [1.54, 1.807) is 50.2 Å². The van der Waals surface area contributed by atoms with Gasteiger partial charge in [-0.15, -0.1) is 0 Å². The first kappa shape index (κ1) is 39.7. The van der Waals surface area contributed by atoms with Gasteiger partial charge in [-0.05, 0) is 54.2 Å². The van der Waals surface area contributed by atoms with Crippen LogP contribution in [0.15, 0.2) is 66.7 Å². The molecule has 13 nitrogen and oxygen atoms in total. The van der Waals surface area contributed by atoms with Crippen LogP contribution in [0.25, 0.3) is 0 Å². The van der Waals surface area contributed by atoms with Crippen molar-refractivity contribution in [2.75, 3.05) is 21.3 Å². The monoisotopic (exact) mass is 693 g/mol. The Morgan fingerprint density at radius 2 is 1.44 bits per heavy atom. The summed E-state index contributed by atoms with van der Waals surface area (Å²) < 4.78 is 27.5. The molecular weight excluding hydrogens is 645 g/mol. The number of amides is 3. The largest absolute Gasteiger partial charge is 0.635 e. The van der Waals surface area contributed by atoms with Crippen molar-refractivity contribution in [2.24, 2.45) is 11.8 Å². The van der Waals surface area contributed by atoms with Crippen molar-refractivity contribution in [1.29, 1.82) is 0 Å². The molecule has 0 aliphatic carbocycles. The van der Waals surface area contributed by atoms with Crippen LogP contribution in [0.1, 0.15) is 45.2 Å². The van der Waals surface area contributed by atoms with Crippen molar-refractivity contribution < 1.29 is 48.0 Å². The second-order valence-electron chi connectivity index (χ2n) is 12.4. The van der Waals surface area contributed by atoms with E-state index in [2.05, 4.69) is 16.0 Å². The van der Waals surface area contributed by atoms with Crippen molar-refractivity contribution in [3.8, 4) is 28.7 Å². The van der Waals surface area contributed by atoms with Crippen molar-refractivity contribution in [2.45, 2.75) is 65.3 Å². The Bertz CT molecular complexity index is 1540. The number of carbonyl (C=O) groups is 3. The smallest absolute Gasteiger partial charge is 0.493 e. The van der Waals surface area contributed by atoms with E-state index in [9.17, 15) is 24.4 Å². The minimum absolute atomic E-state index is 0.0273. The zero-order chi connectivity index (χ0) is 36.8. The average molecular weight is 694 g/mol. The Balaban J connectivity index is 1.88. The van der Waals surface area contributed by atoms with Gasteiger partial charge in [0.2, 0.25) is 23.5 Å². The van der Waals surface area contributed by atoms with Crippen molar-refractivity contribution in [1.82, 2.24) is 16.0 Å². The molecule has 3 atom stereocenters. The summed E-state index contributed by atoms with van der Waals surface area (Å²) in [7, 11) is 2.30. The molecule has 3 amide bonds. The molecule has 14 heteroatoms. The Labute approximate surface area is 293 Å². The summed E-state index contributed by atoms with van der Waals surface area (Å²) in [4.78, 5) is 41.0. The van der Waals surface area contributed by atoms with E-state index in [4.69, 9.17) is 23.6 Å². The van der Waals surface area contributed by atoms with E-state index in [0.717, 1.165) is 0 Å². The lowest BCUT2D eigenvalue weighted by Gasteiger charge is -2.28. The third kappa shape index (κ3) is 12.0. The van der Waals surface area contributed by atoms with Crippen molar-refractivity contribution in [3.05, 3.63) is 77.9 Å². The highest BCUT2D eigenvalue weighted by atomic mass is 16.6. The number of carbonyl (C=O) groups excluding carboxylic acids is 3. The zero-order valence-corrected chi connectivity index (χ0v) is 29.6. The van der Waals surface area contributed by atoms with Gasteiger partial charge in [-0.1, -0.05) is 64.1 Å². The Morgan fingerprint density at radius 1 is 0.760 bits per heavy atom. The van der Waals surface area contributed by atoms with Crippen LogP contribution in [0.4, 0.5) is 0 Å². The Hall–Kier alpha value is -4.79. The predicted octanol–water partition coefficient (Wildman–Crippen LogP) is 3.39. The number of para-hydroxylation sites is 1. The fourth-order valence-electron chi connectivity index (χ4n) is 5.29. The lowest BCUT2D eigenvalue weighted by atomic mass is 9.99. The minimum Gasteiger partial charge on any atom is -0.493 e. The molecule has 0 aliphatic heterocycles. The van der Waals surface area contributed by atoms with Crippen LogP contribution in [-0.4, -0.2) is 74.7 Å². The van der Waals surface area contributed by atoms with Crippen molar-refractivity contribution in [3.63, 3.8) is 0 Å². The molecule has 0 aliphatic rings. The third-order valence-corrected chi connectivity index (χ3v) is 7.63. The summed E-state index contributed by atoms with van der Waals surface area (Å²) >= 11 is 0. The third-order valence-electron chi connectivity index (χ3n) is 7.63. The molecule has 0 aromatic heterocycles. The number of ether oxygens (including phenoxy) is 4. The van der Waals surface area contributed by atoms with E-state index < -0.39 is 49.3 Å². The van der Waals surface area contributed by atoms with E-state index in [1.165, 1.54) is 21.3 Å². The lowest BCUT2D eigenvalue weighted by molar-refractivity contribution is -0.134. The molecule has 3 rings (SSSR count). The molecule has 0 radical (unpaired) electrons. The van der Waals surface area contributed by atoms with E-state index in [0.29, 0.717) is 39.9 Å². The summed E-state index contributed by atoms with van der Waals surface area (Å²) in [6.07, 6.45) is -0.823. The summed E-state index contributed by atoms with van der Waals surface area (Å²) in [6, 6.07) is 17.5. The minimum atomic E-state index is -2.10. The SMILES string of the molecule is COc1ccc(C[C@H](NC(=O)Cc2cccc(Oc3ccccc3)c2)C(=O)N[C@H](C(=O)N[C@@H](CC(C)C)OB(O)O)C(C)C)c(OC)c1OC. The maximum atomic E-state index is 14.0. The number of hydrogen-bond acceptors (Lipinski definition) is 10. The van der Waals surface area contributed by atoms with Crippen LogP contribution in [0.2, 0.25) is 0 Å². The van der Waals surface area contributed by atoms with E-state index >= 15 is 0 Å². The first-order chi connectivity index (χ1) is 23.8. The molecule has 270 valence electrons. The summed E-state index contributed by atoms with van der Waals surface area (Å²) in [6.45, 7) is 7.27. The van der Waals surface area contributed by atoms with Gasteiger partial charge in [0.25, 0.3) is 0 Å². The number of rotatable bonds is 19. The molecule has 0 spiro atoms. The second kappa shape index (κ2) is 19.4. The average Bonchev–Trinajstić information content (AvgIpc) is 3.06. The maximum Gasteiger partial charge on any atom is 0.635 e. The molecule has 0 saturated carbocycles. The highest BCUT2D eigenvalue weighted by molar-refractivity contribution is 6.32. The molecule has 0 bridgehead atoms. The molecule has 5 N–H and O–H groups in total. The number of benzene rings is 3. The van der Waals surface area contributed by atoms with Crippen LogP contribution < -0.4 is 34.9 Å².